The van der Waals surface area contributed by atoms with Gasteiger partial charge in [0.1, 0.15) is 19.0 Å². The van der Waals surface area contributed by atoms with E-state index in [1.165, 1.54) is 37.6 Å². The molecule has 0 fully saturated rings. The van der Waals surface area contributed by atoms with Crippen LogP contribution in [0.15, 0.2) is 36.7 Å². The SMILES string of the molecule is COc1cnc(Cl)nc1OCc1ccc(-c2nc(C(F)(F)F)cn2CC(F)(F)F)cc1. The maximum absolute atomic E-state index is 12.9. The molecular weight excluding hydrogens is 454 g/mol. The molecule has 0 spiro atoms. The van der Waals surface area contributed by atoms with Crippen LogP contribution in [0, 0.1) is 0 Å². The number of aromatic nitrogens is 4. The van der Waals surface area contributed by atoms with Crippen molar-refractivity contribution in [3.05, 3.63) is 53.2 Å². The van der Waals surface area contributed by atoms with Crippen LogP contribution < -0.4 is 9.47 Å². The molecule has 0 bridgehead atoms. The van der Waals surface area contributed by atoms with Gasteiger partial charge in [0.05, 0.1) is 13.3 Å². The highest BCUT2D eigenvalue weighted by atomic mass is 35.5. The van der Waals surface area contributed by atoms with Gasteiger partial charge in [0, 0.05) is 11.8 Å². The van der Waals surface area contributed by atoms with Gasteiger partial charge in [0.15, 0.2) is 11.4 Å². The molecule has 0 saturated heterocycles. The third-order valence-electron chi connectivity index (χ3n) is 3.92. The average Bonchev–Trinajstić information content (AvgIpc) is 3.09. The number of hydrogen-bond acceptors (Lipinski definition) is 5. The number of methoxy groups -OCH3 is 1. The molecular formula is C18H13ClF6N4O2. The fourth-order valence-electron chi connectivity index (χ4n) is 2.58. The van der Waals surface area contributed by atoms with Crippen LogP contribution in [-0.4, -0.2) is 32.8 Å². The van der Waals surface area contributed by atoms with Crippen LogP contribution in [0.4, 0.5) is 26.3 Å². The molecule has 0 radical (unpaired) electrons. The van der Waals surface area contributed by atoms with Crippen molar-refractivity contribution in [1.29, 1.82) is 0 Å². The van der Waals surface area contributed by atoms with Crippen LogP contribution >= 0.6 is 11.6 Å². The Balaban J connectivity index is 1.83. The van der Waals surface area contributed by atoms with E-state index in [1.807, 2.05) is 0 Å². The highest BCUT2D eigenvalue weighted by molar-refractivity contribution is 6.28. The van der Waals surface area contributed by atoms with E-state index < -0.39 is 30.4 Å². The van der Waals surface area contributed by atoms with E-state index in [9.17, 15) is 26.3 Å². The molecule has 0 atom stereocenters. The van der Waals surface area contributed by atoms with Crippen molar-refractivity contribution < 1.29 is 35.8 Å². The summed E-state index contributed by atoms with van der Waals surface area (Å²) in [5, 5.41) is -0.0666. The van der Waals surface area contributed by atoms with Gasteiger partial charge in [0.25, 0.3) is 5.88 Å². The van der Waals surface area contributed by atoms with Crippen LogP contribution in [0.2, 0.25) is 5.28 Å². The van der Waals surface area contributed by atoms with E-state index in [0.717, 1.165) is 0 Å². The van der Waals surface area contributed by atoms with Gasteiger partial charge in [-0.2, -0.15) is 31.3 Å². The highest BCUT2D eigenvalue weighted by Gasteiger charge is 2.37. The van der Waals surface area contributed by atoms with Crippen LogP contribution in [0.1, 0.15) is 11.3 Å². The Kier molecular flexibility index (Phi) is 6.30. The Morgan fingerprint density at radius 2 is 1.71 bits per heavy atom. The Bertz CT molecular complexity index is 1050. The van der Waals surface area contributed by atoms with Crippen LogP contribution in [0.5, 0.6) is 11.6 Å². The molecule has 2 aromatic heterocycles. The van der Waals surface area contributed by atoms with Crippen molar-refractivity contribution >= 4 is 11.6 Å². The van der Waals surface area contributed by atoms with Gasteiger partial charge in [-0.3, -0.25) is 0 Å². The lowest BCUT2D eigenvalue weighted by Crippen LogP contribution is -2.18. The summed E-state index contributed by atoms with van der Waals surface area (Å²) in [6.07, 6.45) is -7.95. The zero-order valence-corrected chi connectivity index (χ0v) is 16.4. The van der Waals surface area contributed by atoms with Crippen molar-refractivity contribution in [2.75, 3.05) is 7.11 Å². The van der Waals surface area contributed by atoms with Crippen LogP contribution in [0.25, 0.3) is 11.4 Å². The van der Waals surface area contributed by atoms with Crippen molar-refractivity contribution in [2.24, 2.45) is 0 Å². The van der Waals surface area contributed by atoms with E-state index in [0.29, 0.717) is 16.3 Å². The summed E-state index contributed by atoms with van der Waals surface area (Å²) in [5.41, 5.74) is -0.774. The molecule has 166 valence electrons. The zero-order valence-electron chi connectivity index (χ0n) is 15.6. The molecule has 13 heteroatoms. The minimum absolute atomic E-state index is 0.0191. The molecule has 0 aliphatic heterocycles. The van der Waals surface area contributed by atoms with E-state index >= 15 is 0 Å². The molecule has 0 amide bonds. The second-order valence-corrected chi connectivity index (χ2v) is 6.53. The lowest BCUT2D eigenvalue weighted by Gasteiger charge is -2.11. The summed E-state index contributed by atoms with van der Waals surface area (Å²) >= 11 is 5.71. The van der Waals surface area contributed by atoms with E-state index in [2.05, 4.69) is 15.0 Å². The topological polar surface area (TPSA) is 62.1 Å². The maximum Gasteiger partial charge on any atom is 0.434 e. The van der Waals surface area contributed by atoms with Crippen molar-refractivity contribution in [2.45, 2.75) is 25.5 Å². The van der Waals surface area contributed by atoms with E-state index in [-0.39, 0.29) is 29.1 Å². The van der Waals surface area contributed by atoms with Gasteiger partial charge in [-0.05, 0) is 17.2 Å². The minimum atomic E-state index is -4.88. The average molecular weight is 467 g/mol. The first kappa shape index (κ1) is 22.7. The second kappa shape index (κ2) is 8.61. The first-order valence-corrected chi connectivity index (χ1v) is 8.84. The molecule has 0 unspecified atom stereocenters. The van der Waals surface area contributed by atoms with Gasteiger partial charge in [-0.25, -0.2) is 9.97 Å². The Morgan fingerprint density at radius 3 is 2.29 bits per heavy atom. The first-order valence-electron chi connectivity index (χ1n) is 8.46. The lowest BCUT2D eigenvalue weighted by molar-refractivity contribution is -0.144. The van der Waals surface area contributed by atoms with E-state index in [1.54, 1.807) is 0 Å². The Labute approximate surface area is 176 Å². The van der Waals surface area contributed by atoms with Crippen molar-refractivity contribution in [3.63, 3.8) is 0 Å². The first-order chi connectivity index (χ1) is 14.5. The molecule has 0 saturated carbocycles. The predicted molar refractivity (Wildman–Crippen MR) is 96.6 cm³/mol. The third-order valence-corrected chi connectivity index (χ3v) is 4.10. The number of alkyl halides is 6. The third kappa shape index (κ3) is 5.78. The molecule has 2 heterocycles. The largest absolute Gasteiger partial charge is 0.490 e. The lowest BCUT2D eigenvalue weighted by atomic mass is 10.1. The quantitative estimate of drug-likeness (QED) is 0.371. The van der Waals surface area contributed by atoms with Crippen molar-refractivity contribution in [3.8, 4) is 23.0 Å². The van der Waals surface area contributed by atoms with Gasteiger partial charge in [-0.15, -0.1) is 0 Å². The number of ether oxygens (including phenoxy) is 2. The number of benzene rings is 1. The van der Waals surface area contributed by atoms with Crippen LogP contribution in [-0.2, 0) is 19.3 Å². The number of hydrogen-bond donors (Lipinski definition) is 0. The monoisotopic (exact) mass is 466 g/mol. The zero-order chi connectivity index (χ0) is 22.8. The van der Waals surface area contributed by atoms with Crippen molar-refractivity contribution in [1.82, 2.24) is 19.5 Å². The van der Waals surface area contributed by atoms with Gasteiger partial charge < -0.3 is 14.0 Å². The summed E-state index contributed by atoms with van der Waals surface area (Å²) in [4.78, 5) is 11.0. The number of rotatable bonds is 6. The van der Waals surface area contributed by atoms with Crippen LogP contribution in [0.3, 0.4) is 0 Å². The number of halogens is 7. The Morgan fingerprint density at radius 1 is 1.03 bits per heavy atom. The standard InChI is InChI=1S/C18H13ClF6N4O2/c1-30-12-6-26-16(19)28-15(12)31-8-10-2-4-11(5-3-10)14-27-13(18(23,24)25)7-29(14)9-17(20,21)22/h2-7H,8-9H2,1H3. The minimum Gasteiger partial charge on any atom is -0.490 e. The number of imidazole rings is 1. The normalized spacial score (nSPS) is 12.1. The molecule has 3 rings (SSSR count). The Hall–Kier alpha value is -3.02. The summed E-state index contributed by atoms with van der Waals surface area (Å²) in [5.74, 6) is -0.154. The molecule has 0 aliphatic carbocycles. The molecule has 6 nitrogen and oxygen atoms in total. The maximum atomic E-state index is 12.9. The molecule has 31 heavy (non-hydrogen) atoms. The molecule has 0 aliphatic rings. The molecule has 0 N–H and O–H groups in total. The fraction of sp³-hybridized carbons (Fsp3) is 0.278. The number of nitrogens with zero attached hydrogens (tertiary/aromatic N) is 4. The summed E-state index contributed by atoms with van der Waals surface area (Å²) in [6.45, 7) is -1.63. The summed E-state index contributed by atoms with van der Waals surface area (Å²) in [6, 6.07) is 5.64. The van der Waals surface area contributed by atoms with Gasteiger partial charge in [-0.1, -0.05) is 24.3 Å². The predicted octanol–water partition coefficient (Wildman–Crippen LogP) is 5.16. The summed E-state index contributed by atoms with van der Waals surface area (Å²) < 4.78 is 88.1. The fourth-order valence-corrected chi connectivity index (χ4v) is 2.70. The van der Waals surface area contributed by atoms with Gasteiger partial charge in [0.2, 0.25) is 5.28 Å². The van der Waals surface area contributed by atoms with E-state index in [4.69, 9.17) is 21.1 Å². The molecule has 1 aromatic carbocycles. The smallest absolute Gasteiger partial charge is 0.434 e. The summed E-state index contributed by atoms with van der Waals surface area (Å²) in [7, 11) is 1.38. The molecule has 3 aromatic rings. The highest BCUT2D eigenvalue weighted by Crippen LogP contribution is 2.33. The second-order valence-electron chi connectivity index (χ2n) is 6.19. The van der Waals surface area contributed by atoms with Gasteiger partial charge >= 0.3 is 12.4 Å².